The highest BCUT2D eigenvalue weighted by Gasteiger charge is 2.13. The normalized spacial score (nSPS) is 12.6. The Hall–Kier alpha value is -3.75. The molecule has 1 aromatic heterocycles. The summed E-state index contributed by atoms with van der Waals surface area (Å²) in [6, 6.07) is 16.3. The maximum absolute atomic E-state index is 5.48. The van der Waals surface area contributed by atoms with Crippen LogP contribution in [-0.4, -0.2) is 47.7 Å². The molecule has 1 aliphatic heterocycles. The Labute approximate surface area is 194 Å². The molecule has 0 atom stereocenters. The Kier molecular flexibility index (Phi) is 7.29. The lowest BCUT2D eigenvalue weighted by Gasteiger charge is -2.19. The molecule has 0 spiro atoms. The van der Waals surface area contributed by atoms with Gasteiger partial charge in [0.1, 0.15) is 5.82 Å². The molecular formula is C24H31N7O2. The summed E-state index contributed by atoms with van der Waals surface area (Å²) in [6.07, 6.45) is 0.971. The van der Waals surface area contributed by atoms with Crippen molar-refractivity contribution in [2.24, 2.45) is 12.0 Å². The van der Waals surface area contributed by atoms with E-state index in [0.717, 1.165) is 54.2 Å². The lowest BCUT2D eigenvalue weighted by Crippen LogP contribution is -2.39. The number of aryl methyl sites for hydroxylation is 1. The van der Waals surface area contributed by atoms with Gasteiger partial charge in [-0.25, -0.2) is 4.99 Å². The molecule has 0 saturated heterocycles. The van der Waals surface area contributed by atoms with E-state index in [0.29, 0.717) is 13.1 Å². The van der Waals surface area contributed by atoms with Crippen molar-refractivity contribution in [1.82, 2.24) is 25.4 Å². The number of hydrogen-bond acceptors (Lipinski definition) is 6. The minimum atomic E-state index is 0.269. The van der Waals surface area contributed by atoms with E-state index in [2.05, 4.69) is 57.0 Å². The molecule has 0 fully saturated rings. The Morgan fingerprint density at radius 1 is 1.09 bits per heavy atom. The van der Waals surface area contributed by atoms with Crippen LogP contribution in [0.25, 0.3) is 0 Å². The van der Waals surface area contributed by atoms with E-state index < -0.39 is 0 Å². The second-order valence-corrected chi connectivity index (χ2v) is 7.97. The lowest BCUT2D eigenvalue weighted by atomic mass is 10.2. The zero-order valence-electron chi connectivity index (χ0n) is 19.4. The maximum atomic E-state index is 5.48. The average Bonchev–Trinajstić information content (AvgIpc) is 3.44. The maximum Gasteiger partial charge on any atom is 0.231 e. The standard InChI is InChI=1S/C24H31N7O2/c1-18-28-29-23(31(18)3)16-27-24(25-12-7-13-30(2)20-8-5-4-6-9-20)26-15-19-10-11-21-22(14-19)33-17-32-21/h4-6,8-11,14H,7,12-13,15-17H2,1-3H3,(H2,25,26,27). The molecule has 4 rings (SSSR count). The van der Waals surface area contributed by atoms with Gasteiger partial charge in [-0.1, -0.05) is 24.3 Å². The van der Waals surface area contributed by atoms with Crippen molar-refractivity contribution in [2.75, 3.05) is 31.8 Å². The summed E-state index contributed by atoms with van der Waals surface area (Å²) in [5, 5.41) is 15.2. The fraction of sp³-hybridized carbons (Fsp3) is 0.375. The van der Waals surface area contributed by atoms with Crippen LogP contribution >= 0.6 is 0 Å². The highest BCUT2D eigenvalue weighted by atomic mass is 16.7. The van der Waals surface area contributed by atoms with Crippen LogP contribution in [0.1, 0.15) is 23.6 Å². The third-order valence-electron chi connectivity index (χ3n) is 5.61. The van der Waals surface area contributed by atoms with Gasteiger partial charge in [0.25, 0.3) is 0 Å². The number of aromatic nitrogens is 3. The molecule has 174 valence electrons. The topological polar surface area (TPSA) is 88.8 Å². The van der Waals surface area contributed by atoms with Crippen LogP contribution in [-0.2, 0) is 20.1 Å². The Morgan fingerprint density at radius 3 is 2.70 bits per heavy atom. The van der Waals surface area contributed by atoms with Gasteiger partial charge < -0.3 is 29.6 Å². The van der Waals surface area contributed by atoms with Crippen molar-refractivity contribution in [2.45, 2.75) is 26.4 Å². The van der Waals surface area contributed by atoms with Crippen LogP contribution in [0.3, 0.4) is 0 Å². The first-order valence-corrected chi connectivity index (χ1v) is 11.1. The zero-order valence-corrected chi connectivity index (χ0v) is 19.4. The van der Waals surface area contributed by atoms with Crippen LogP contribution < -0.4 is 25.0 Å². The highest BCUT2D eigenvalue weighted by molar-refractivity contribution is 5.79. The molecule has 3 aromatic rings. The second-order valence-electron chi connectivity index (χ2n) is 7.97. The summed E-state index contributed by atoms with van der Waals surface area (Å²) in [7, 11) is 4.07. The second kappa shape index (κ2) is 10.7. The van der Waals surface area contributed by atoms with Crippen molar-refractivity contribution < 1.29 is 9.47 Å². The number of ether oxygens (including phenoxy) is 2. The Bertz CT molecular complexity index is 1080. The monoisotopic (exact) mass is 449 g/mol. The first-order valence-electron chi connectivity index (χ1n) is 11.1. The summed E-state index contributed by atoms with van der Waals surface area (Å²) in [5.41, 5.74) is 2.27. The summed E-state index contributed by atoms with van der Waals surface area (Å²) in [4.78, 5) is 7.02. The molecule has 0 bridgehead atoms. The van der Waals surface area contributed by atoms with Crippen molar-refractivity contribution >= 4 is 11.6 Å². The van der Waals surface area contributed by atoms with E-state index >= 15 is 0 Å². The first-order chi connectivity index (χ1) is 16.1. The van der Waals surface area contributed by atoms with Gasteiger partial charge in [0, 0.05) is 32.9 Å². The van der Waals surface area contributed by atoms with Crippen molar-refractivity contribution in [3.05, 3.63) is 65.7 Å². The third-order valence-corrected chi connectivity index (χ3v) is 5.61. The third kappa shape index (κ3) is 5.94. The number of benzene rings is 2. The number of fused-ring (bicyclic) bond motifs is 1. The van der Waals surface area contributed by atoms with Gasteiger partial charge >= 0.3 is 0 Å². The number of rotatable bonds is 9. The van der Waals surface area contributed by atoms with Crippen molar-refractivity contribution in [1.29, 1.82) is 0 Å². The molecule has 0 amide bonds. The SMILES string of the molecule is Cc1nnc(CNC(=NCc2ccc3c(c2)OCO3)NCCCN(C)c2ccccc2)n1C. The predicted octanol–water partition coefficient (Wildman–Crippen LogP) is 2.61. The van der Waals surface area contributed by atoms with Crippen LogP contribution in [0.15, 0.2) is 53.5 Å². The Morgan fingerprint density at radius 2 is 1.91 bits per heavy atom. The zero-order chi connectivity index (χ0) is 23.0. The number of para-hydroxylation sites is 1. The van der Waals surface area contributed by atoms with Gasteiger partial charge in [-0.2, -0.15) is 0 Å². The van der Waals surface area contributed by atoms with Gasteiger partial charge in [0.2, 0.25) is 6.79 Å². The van der Waals surface area contributed by atoms with Gasteiger partial charge in [0.15, 0.2) is 23.3 Å². The molecule has 2 N–H and O–H groups in total. The number of anilines is 1. The van der Waals surface area contributed by atoms with E-state index in [9.17, 15) is 0 Å². The molecule has 0 aliphatic carbocycles. The van der Waals surface area contributed by atoms with Crippen LogP contribution in [0, 0.1) is 6.92 Å². The summed E-state index contributed by atoms with van der Waals surface area (Å²) < 4.78 is 12.8. The molecule has 9 heteroatoms. The largest absolute Gasteiger partial charge is 0.454 e. The van der Waals surface area contributed by atoms with E-state index in [1.54, 1.807) is 0 Å². The first kappa shape index (κ1) is 22.4. The quantitative estimate of drug-likeness (QED) is 0.295. The lowest BCUT2D eigenvalue weighted by molar-refractivity contribution is 0.174. The summed E-state index contributed by atoms with van der Waals surface area (Å²) in [5.74, 6) is 4.01. The van der Waals surface area contributed by atoms with Gasteiger partial charge in [-0.15, -0.1) is 10.2 Å². The van der Waals surface area contributed by atoms with Crippen molar-refractivity contribution in [3.63, 3.8) is 0 Å². The summed E-state index contributed by atoms with van der Waals surface area (Å²) >= 11 is 0. The minimum Gasteiger partial charge on any atom is -0.454 e. The molecular weight excluding hydrogens is 418 g/mol. The minimum absolute atomic E-state index is 0.269. The smallest absolute Gasteiger partial charge is 0.231 e. The van der Waals surface area contributed by atoms with E-state index in [1.165, 1.54) is 5.69 Å². The number of hydrogen-bond donors (Lipinski definition) is 2. The van der Waals surface area contributed by atoms with Crippen LogP contribution in [0.2, 0.25) is 0 Å². The molecule has 9 nitrogen and oxygen atoms in total. The predicted molar refractivity (Wildman–Crippen MR) is 129 cm³/mol. The van der Waals surface area contributed by atoms with E-state index in [-0.39, 0.29) is 6.79 Å². The summed E-state index contributed by atoms with van der Waals surface area (Å²) in [6.45, 7) is 5.00. The highest BCUT2D eigenvalue weighted by Crippen LogP contribution is 2.32. The average molecular weight is 450 g/mol. The van der Waals surface area contributed by atoms with E-state index in [4.69, 9.17) is 14.5 Å². The van der Waals surface area contributed by atoms with Crippen LogP contribution in [0.5, 0.6) is 11.5 Å². The molecule has 0 radical (unpaired) electrons. The number of nitrogens with one attached hydrogen (secondary N) is 2. The fourth-order valence-corrected chi connectivity index (χ4v) is 3.49. The number of nitrogens with zero attached hydrogens (tertiary/aromatic N) is 5. The van der Waals surface area contributed by atoms with Gasteiger partial charge in [-0.3, -0.25) is 0 Å². The fourth-order valence-electron chi connectivity index (χ4n) is 3.49. The number of aliphatic imine (C=N–C) groups is 1. The van der Waals surface area contributed by atoms with Gasteiger partial charge in [-0.05, 0) is 43.2 Å². The molecule has 33 heavy (non-hydrogen) atoms. The molecule has 0 unspecified atom stereocenters. The van der Waals surface area contributed by atoms with Gasteiger partial charge in [0.05, 0.1) is 13.1 Å². The molecule has 1 aliphatic rings. The van der Waals surface area contributed by atoms with E-state index in [1.807, 2.05) is 42.8 Å². The molecule has 2 heterocycles. The van der Waals surface area contributed by atoms with Crippen molar-refractivity contribution in [3.8, 4) is 11.5 Å². The number of guanidine groups is 1. The molecule has 2 aromatic carbocycles. The Balaban J connectivity index is 1.35. The van der Waals surface area contributed by atoms with Crippen LogP contribution in [0.4, 0.5) is 5.69 Å². The molecule has 0 saturated carbocycles.